The van der Waals surface area contributed by atoms with E-state index < -0.39 is 15.8 Å². The van der Waals surface area contributed by atoms with Gasteiger partial charge in [-0.1, -0.05) is 127 Å². The molecular formula is C31H27NP2. The summed E-state index contributed by atoms with van der Waals surface area (Å²) in [6, 6.07) is 48.5. The molecule has 0 radical (unpaired) electrons. The van der Waals surface area contributed by atoms with E-state index in [0.717, 1.165) is 0 Å². The largest absolute Gasteiger partial charge is 0.260 e. The zero-order valence-electron chi connectivity index (χ0n) is 19.2. The summed E-state index contributed by atoms with van der Waals surface area (Å²) in [5, 5.41) is 5.79. The minimum atomic E-state index is -0.727. The number of benzene rings is 4. The molecule has 0 bridgehead atoms. The minimum absolute atomic E-state index is 0.237. The Hall–Kier alpha value is -3.11. The Morgan fingerprint density at radius 1 is 0.471 bits per heavy atom. The standard InChI is InChI=1S/C31H27NP2/c1-25-15-14-24-32-30(25)31(33(26-16-6-2-7-17-26)27-18-8-3-9-19-27)34(28-20-10-4-11-21-28)29-22-12-5-13-23-29/h2-24,31H,1H3. The van der Waals surface area contributed by atoms with E-state index in [1.165, 1.54) is 32.5 Å². The summed E-state index contributed by atoms with van der Waals surface area (Å²) in [5.41, 5.74) is 2.46. The van der Waals surface area contributed by atoms with Gasteiger partial charge in [-0.05, 0) is 55.6 Å². The number of aromatic nitrogens is 1. The van der Waals surface area contributed by atoms with Gasteiger partial charge in [0.2, 0.25) is 0 Å². The van der Waals surface area contributed by atoms with Crippen LogP contribution in [0.15, 0.2) is 140 Å². The fraction of sp³-hybridized carbons (Fsp3) is 0.0645. The number of pyridine rings is 1. The molecule has 0 saturated carbocycles. The van der Waals surface area contributed by atoms with Crippen LogP contribution >= 0.6 is 15.8 Å². The third-order valence-corrected chi connectivity index (χ3v) is 12.2. The summed E-state index contributed by atoms with van der Waals surface area (Å²) in [6.07, 6.45) is 1.96. The van der Waals surface area contributed by atoms with Crippen LogP contribution in [0, 0.1) is 6.92 Å². The van der Waals surface area contributed by atoms with E-state index in [2.05, 4.69) is 140 Å². The van der Waals surface area contributed by atoms with E-state index >= 15 is 0 Å². The van der Waals surface area contributed by atoms with Crippen LogP contribution in [0.25, 0.3) is 0 Å². The molecular weight excluding hydrogens is 448 g/mol. The molecule has 1 nitrogen and oxygen atoms in total. The Morgan fingerprint density at radius 3 is 1.15 bits per heavy atom. The third kappa shape index (κ3) is 4.88. The molecule has 0 amide bonds. The first-order valence-electron chi connectivity index (χ1n) is 11.5. The number of hydrogen-bond acceptors (Lipinski definition) is 1. The quantitative estimate of drug-likeness (QED) is 0.240. The molecule has 5 rings (SSSR count). The Kier molecular flexibility index (Phi) is 7.25. The lowest BCUT2D eigenvalue weighted by Gasteiger charge is -2.36. The van der Waals surface area contributed by atoms with Crippen molar-refractivity contribution in [1.29, 1.82) is 0 Å². The second-order valence-electron chi connectivity index (χ2n) is 8.16. The monoisotopic (exact) mass is 475 g/mol. The summed E-state index contributed by atoms with van der Waals surface area (Å²) < 4.78 is 0. The van der Waals surface area contributed by atoms with Crippen molar-refractivity contribution in [3.63, 3.8) is 0 Å². The molecule has 0 spiro atoms. The van der Waals surface area contributed by atoms with Crippen LogP contribution in [0.3, 0.4) is 0 Å². The normalized spacial score (nSPS) is 11.3. The molecule has 1 heterocycles. The van der Waals surface area contributed by atoms with Crippen molar-refractivity contribution in [3.8, 4) is 0 Å². The fourth-order valence-corrected chi connectivity index (χ4v) is 11.6. The number of nitrogens with zero attached hydrogens (tertiary/aromatic N) is 1. The summed E-state index contributed by atoms with van der Waals surface area (Å²) in [7, 11) is -1.45. The van der Waals surface area contributed by atoms with Gasteiger partial charge in [0.15, 0.2) is 0 Å². The van der Waals surface area contributed by atoms with Crippen LogP contribution in [0.1, 0.15) is 16.7 Å². The lowest BCUT2D eigenvalue weighted by atomic mass is 10.2. The lowest BCUT2D eigenvalue weighted by Crippen LogP contribution is -2.24. The van der Waals surface area contributed by atoms with Crippen LogP contribution in [0.5, 0.6) is 0 Å². The van der Waals surface area contributed by atoms with Gasteiger partial charge in [0.25, 0.3) is 0 Å². The van der Waals surface area contributed by atoms with Gasteiger partial charge in [-0.25, -0.2) is 0 Å². The predicted octanol–water partition coefficient (Wildman–Crippen LogP) is 6.65. The molecule has 1 aromatic heterocycles. The molecule has 0 fully saturated rings. The lowest BCUT2D eigenvalue weighted by molar-refractivity contribution is 1.10. The van der Waals surface area contributed by atoms with E-state index in [1.807, 2.05) is 6.20 Å². The van der Waals surface area contributed by atoms with Gasteiger partial charge in [0.05, 0.1) is 11.1 Å². The molecule has 0 unspecified atom stereocenters. The van der Waals surface area contributed by atoms with Gasteiger partial charge < -0.3 is 0 Å². The summed E-state index contributed by atoms with van der Waals surface area (Å²) in [4.78, 5) is 5.05. The second kappa shape index (κ2) is 10.9. The number of hydrogen-bond donors (Lipinski definition) is 0. The first-order chi connectivity index (χ1) is 16.8. The van der Waals surface area contributed by atoms with E-state index in [4.69, 9.17) is 4.98 Å². The van der Waals surface area contributed by atoms with Gasteiger partial charge in [0, 0.05) is 6.20 Å². The van der Waals surface area contributed by atoms with Crippen molar-refractivity contribution < 1.29 is 0 Å². The molecule has 0 saturated heterocycles. The van der Waals surface area contributed by atoms with Gasteiger partial charge >= 0.3 is 0 Å². The number of rotatable bonds is 7. The first kappa shape index (κ1) is 22.7. The van der Waals surface area contributed by atoms with E-state index in [1.54, 1.807) is 0 Å². The topological polar surface area (TPSA) is 12.9 Å². The van der Waals surface area contributed by atoms with Crippen LogP contribution in [-0.2, 0) is 0 Å². The average Bonchev–Trinajstić information content (AvgIpc) is 2.91. The highest BCUT2D eigenvalue weighted by Gasteiger charge is 2.36. The Balaban J connectivity index is 1.82. The highest BCUT2D eigenvalue weighted by molar-refractivity contribution is 7.89. The van der Waals surface area contributed by atoms with Gasteiger partial charge in [-0.3, -0.25) is 4.98 Å². The number of aryl methyl sites for hydroxylation is 1. The van der Waals surface area contributed by atoms with Gasteiger partial charge in [-0.15, -0.1) is 0 Å². The molecule has 0 N–H and O–H groups in total. The van der Waals surface area contributed by atoms with Crippen molar-refractivity contribution in [2.24, 2.45) is 0 Å². The van der Waals surface area contributed by atoms with Crippen molar-refractivity contribution in [2.75, 3.05) is 0 Å². The molecule has 166 valence electrons. The molecule has 0 atom stereocenters. The molecule has 5 aromatic rings. The molecule has 4 aromatic carbocycles. The Labute approximate surface area is 205 Å². The highest BCUT2D eigenvalue weighted by atomic mass is 31.2. The van der Waals surface area contributed by atoms with Crippen LogP contribution in [-0.4, -0.2) is 4.98 Å². The second-order valence-corrected chi connectivity index (χ2v) is 13.1. The molecule has 0 aliphatic carbocycles. The van der Waals surface area contributed by atoms with E-state index in [-0.39, 0.29) is 5.40 Å². The predicted molar refractivity (Wildman–Crippen MR) is 150 cm³/mol. The van der Waals surface area contributed by atoms with Crippen LogP contribution < -0.4 is 21.2 Å². The van der Waals surface area contributed by atoms with Gasteiger partial charge in [-0.2, -0.15) is 0 Å². The third-order valence-electron chi connectivity index (χ3n) is 5.92. The first-order valence-corrected chi connectivity index (χ1v) is 14.4. The average molecular weight is 476 g/mol. The van der Waals surface area contributed by atoms with Crippen molar-refractivity contribution in [2.45, 2.75) is 12.3 Å². The van der Waals surface area contributed by atoms with Crippen molar-refractivity contribution in [3.05, 3.63) is 151 Å². The maximum absolute atomic E-state index is 5.05. The summed E-state index contributed by atoms with van der Waals surface area (Å²) >= 11 is 0. The molecule has 34 heavy (non-hydrogen) atoms. The van der Waals surface area contributed by atoms with Gasteiger partial charge in [0.1, 0.15) is 0 Å². The molecule has 3 heteroatoms. The fourth-order valence-electron chi connectivity index (χ4n) is 4.35. The maximum atomic E-state index is 5.05. The van der Waals surface area contributed by atoms with E-state index in [9.17, 15) is 0 Å². The summed E-state index contributed by atoms with van der Waals surface area (Å²) in [5.74, 6) is 0. The van der Waals surface area contributed by atoms with Crippen LogP contribution in [0.4, 0.5) is 0 Å². The smallest absolute Gasteiger partial charge is 0.0579 e. The SMILES string of the molecule is Cc1cccnc1C(P(c1ccccc1)c1ccccc1)P(c1ccccc1)c1ccccc1. The zero-order chi connectivity index (χ0) is 23.2. The van der Waals surface area contributed by atoms with Crippen molar-refractivity contribution >= 4 is 37.1 Å². The van der Waals surface area contributed by atoms with Crippen LogP contribution in [0.2, 0.25) is 0 Å². The maximum Gasteiger partial charge on any atom is 0.0579 e. The highest BCUT2D eigenvalue weighted by Crippen LogP contribution is 2.65. The van der Waals surface area contributed by atoms with E-state index in [0.29, 0.717) is 0 Å². The molecule has 0 aliphatic rings. The Morgan fingerprint density at radius 2 is 0.824 bits per heavy atom. The Bertz CT molecular complexity index is 1150. The summed E-state index contributed by atoms with van der Waals surface area (Å²) in [6.45, 7) is 2.21. The minimum Gasteiger partial charge on any atom is -0.260 e. The zero-order valence-corrected chi connectivity index (χ0v) is 21.0. The van der Waals surface area contributed by atoms with Crippen molar-refractivity contribution in [1.82, 2.24) is 4.98 Å². The molecule has 0 aliphatic heterocycles.